The van der Waals surface area contributed by atoms with Gasteiger partial charge in [0.1, 0.15) is 22.4 Å². The van der Waals surface area contributed by atoms with Gasteiger partial charge in [0, 0.05) is 41.9 Å². The van der Waals surface area contributed by atoms with Crippen LogP contribution in [-0.4, -0.2) is 41.3 Å². The largest absolute Gasteiger partial charge is 0.492 e. The smallest absolute Gasteiger partial charge is 0.255 e. The van der Waals surface area contributed by atoms with Crippen molar-refractivity contribution in [3.8, 4) is 27.4 Å². The van der Waals surface area contributed by atoms with E-state index < -0.39 is 29.7 Å². The second-order valence-corrected chi connectivity index (χ2v) is 12.3. The Hall–Kier alpha value is -4.44. The summed E-state index contributed by atoms with van der Waals surface area (Å²) in [6.45, 7) is 5.10. The number of carbonyl (C=O) groups excluding carboxylic acids is 1. The highest BCUT2D eigenvalue weighted by atomic mass is 32.1. The molecule has 244 valence electrons. The van der Waals surface area contributed by atoms with E-state index >= 15 is 0 Å². The quantitative estimate of drug-likeness (QED) is 0.108. The van der Waals surface area contributed by atoms with Crippen LogP contribution in [-0.2, 0) is 19.4 Å². The molecular weight excluding hydrogens is 616 g/mol. The molecule has 0 saturated carbocycles. The Morgan fingerprint density at radius 2 is 1.68 bits per heavy atom. The van der Waals surface area contributed by atoms with Gasteiger partial charge in [0.15, 0.2) is 0 Å². The number of amides is 1. The van der Waals surface area contributed by atoms with Crippen LogP contribution in [0, 0.1) is 11.6 Å². The molecule has 0 radical (unpaired) electrons. The number of carbonyl (C=O) groups is 1. The lowest BCUT2D eigenvalue weighted by molar-refractivity contribution is 0.0826. The van der Waals surface area contributed by atoms with Crippen molar-refractivity contribution in [3.63, 3.8) is 0 Å². The molecule has 0 unspecified atom stereocenters. The fourth-order valence-corrected chi connectivity index (χ4v) is 6.08. The second-order valence-electron chi connectivity index (χ2n) is 11.4. The van der Waals surface area contributed by atoms with Crippen LogP contribution in [0.15, 0.2) is 96.5 Å². The number of benzene rings is 4. The predicted molar refractivity (Wildman–Crippen MR) is 184 cm³/mol. The van der Waals surface area contributed by atoms with Crippen molar-refractivity contribution in [2.24, 2.45) is 0 Å². The van der Waals surface area contributed by atoms with Crippen LogP contribution in [0.3, 0.4) is 0 Å². The van der Waals surface area contributed by atoms with E-state index in [0.29, 0.717) is 24.5 Å². The topological polar surface area (TPSA) is 83.5 Å². The molecule has 1 heterocycles. The molecular formula is C38H39F2N3O3S. The van der Waals surface area contributed by atoms with Gasteiger partial charge in [0.2, 0.25) is 0 Å². The van der Waals surface area contributed by atoms with E-state index in [-0.39, 0.29) is 18.5 Å². The van der Waals surface area contributed by atoms with Crippen molar-refractivity contribution >= 4 is 17.2 Å². The Morgan fingerprint density at radius 3 is 2.38 bits per heavy atom. The van der Waals surface area contributed by atoms with Gasteiger partial charge in [-0.15, -0.1) is 11.3 Å². The third-order valence-corrected chi connectivity index (χ3v) is 8.61. The highest BCUT2D eigenvalue weighted by Gasteiger charge is 2.27. The van der Waals surface area contributed by atoms with Gasteiger partial charge in [-0.1, -0.05) is 68.4 Å². The van der Waals surface area contributed by atoms with Gasteiger partial charge in [-0.2, -0.15) is 0 Å². The van der Waals surface area contributed by atoms with Crippen LogP contribution in [0.1, 0.15) is 47.3 Å². The van der Waals surface area contributed by atoms with Crippen molar-refractivity contribution in [2.45, 2.75) is 51.8 Å². The fourth-order valence-electron chi connectivity index (χ4n) is 5.46. The normalized spacial score (nSPS) is 12.4. The molecule has 2 atom stereocenters. The van der Waals surface area contributed by atoms with Crippen molar-refractivity contribution in [1.29, 1.82) is 0 Å². The van der Waals surface area contributed by atoms with Crippen LogP contribution in [0.4, 0.5) is 8.78 Å². The first-order chi connectivity index (χ1) is 22.8. The SMILES string of the molecule is CCCOc1c(C(=O)N[C@@H](Cc2cc(F)cc(F)c2)[C@H](O)CNCc2cccc(CC)c2)cc(-c2nccs2)cc1-c1ccccc1. The first kappa shape index (κ1) is 33.9. The molecule has 5 rings (SSSR count). The Labute approximate surface area is 278 Å². The number of halogens is 2. The minimum Gasteiger partial charge on any atom is -0.492 e. The van der Waals surface area contributed by atoms with Gasteiger partial charge in [-0.25, -0.2) is 13.8 Å². The van der Waals surface area contributed by atoms with E-state index in [9.17, 15) is 18.7 Å². The zero-order valence-corrected chi connectivity index (χ0v) is 27.3. The van der Waals surface area contributed by atoms with Crippen LogP contribution in [0.2, 0.25) is 0 Å². The number of nitrogens with zero attached hydrogens (tertiary/aromatic N) is 1. The summed E-state index contributed by atoms with van der Waals surface area (Å²) in [5.74, 6) is -1.53. The summed E-state index contributed by atoms with van der Waals surface area (Å²) in [6.07, 6.45) is 2.25. The number of aromatic nitrogens is 1. The summed E-state index contributed by atoms with van der Waals surface area (Å²) in [4.78, 5) is 18.7. The van der Waals surface area contributed by atoms with E-state index in [0.717, 1.165) is 46.2 Å². The summed E-state index contributed by atoms with van der Waals surface area (Å²) < 4.78 is 34.6. The van der Waals surface area contributed by atoms with E-state index in [4.69, 9.17) is 4.74 Å². The van der Waals surface area contributed by atoms with Gasteiger partial charge in [-0.05, 0) is 65.8 Å². The molecule has 0 spiro atoms. The highest BCUT2D eigenvalue weighted by Crippen LogP contribution is 2.38. The number of rotatable bonds is 15. The Kier molecular flexibility index (Phi) is 11.8. The van der Waals surface area contributed by atoms with Crippen LogP contribution in [0.5, 0.6) is 5.75 Å². The maximum absolute atomic E-state index is 14.3. The average Bonchev–Trinajstić information content (AvgIpc) is 3.62. The monoisotopic (exact) mass is 655 g/mol. The minimum absolute atomic E-state index is 0.00253. The van der Waals surface area contributed by atoms with Crippen LogP contribution < -0.4 is 15.4 Å². The maximum Gasteiger partial charge on any atom is 0.255 e. The number of nitrogens with one attached hydrogen (secondary N) is 2. The molecule has 47 heavy (non-hydrogen) atoms. The molecule has 5 aromatic rings. The summed E-state index contributed by atoms with van der Waals surface area (Å²) in [7, 11) is 0. The molecule has 4 aromatic carbocycles. The Balaban J connectivity index is 1.48. The summed E-state index contributed by atoms with van der Waals surface area (Å²) >= 11 is 1.45. The molecule has 0 aliphatic carbocycles. The molecule has 0 fully saturated rings. The molecule has 0 saturated heterocycles. The molecule has 1 amide bonds. The first-order valence-corrected chi connectivity index (χ1v) is 16.7. The number of hydrogen-bond acceptors (Lipinski definition) is 6. The third-order valence-electron chi connectivity index (χ3n) is 7.79. The second kappa shape index (κ2) is 16.4. The lowest BCUT2D eigenvalue weighted by atomic mass is 9.96. The van der Waals surface area contributed by atoms with Gasteiger partial charge in [0.25, 0.3) is 5.91 Å². The van der Waals surface area contributed by atoms with Gasteiger partial charge < -0.3 is 20.5 Å². The van der Waals surface area contributed by atoms with Crippen LogP contribution in [0.25, 0.3) is 21.7 Å². The van der Waals surface area contributed by atoms with Crippen molar-refractivity contribution in [1.82, 2.24) is 15.6 Å². The zero-order valence-electron chi connectivity index (χ0n) is 26.5. The summed E-state index contributed by atoms with van der Waals surface area (Å²) in [5, 5.41) is 20.3. The minimum atomic E-state index is -1.09. The van der Waals surface area contributed by atoms with E-state index in [1.165, 1.54) is 29.0 Å². The molecule has 1 aromatic heterocycles. The van der Waals surface area contributed by atoms with E-state index in [2.05, 4.69) is 34.7 Å². The highest BCUT2D eigenvalue weighted by molar-refractivity contribution is 7.13. The van der Waals surface area contributed by atoms with Gasteiger partial charge in [-0.3, -0.25) is 4.79 Å². The maximum atomic E-state index is 14.3. The number of aliphatic hydroxyl groups excluding tert-OH is 1. The van der Waals surface area contributed by atoms with E-state index in [1.807, 2.05) is 60.8 Å². The number of aliphatic hydroxyl groups is 1. The van der Waals surface area contributed by atoms with Crippen molar-refractivity contribution in [3.05, 3.63) is 130 Å². The van der Waals surface area contributed by atoms with E-state index in [1.54, 1.807) is 12.3 Å². The predicted octanol–water partition coefficient (Wildman–Crippen LogP) is 7.60. The Morgan fingerprint density at radius 1 is 0.915 bits per heavy atom. The molecule has 0 aliphatic heterocycles. The molecule has 9 heteroatoms. The zero-order chi connectivity index (χ0) is 33.2. The lowest BCUT2D eigenvalue weighted by Crippen LogP contribution is -2.48. The number of thiazole rings is 1. The Bertz CT molecular complexity index is 1750. The summed E-state index contributed by atoms with van der Waals surface area (Å²) in [5.41, 5.74) is 5.21. The molecule has 3 N–H and O–H groups in total. The molecule has 0 bridgehead atoms. The van der Waals surface area contributed by atoms with Crippen molar-refractivity contribution in [2.75, 3.05) is 13.2 Å². The molecule has 6 nitrogen and oxygen atoms in total. The van der Waals surface area contributed by atoms with Gasteiger partial charge in [0.05, 0.1) is 24.3 Å². The number of ether oxygens (including phenoxy) is 1. The fraction of sp³-hybridized carbons (Fsp3) is 0.263. The van der Waals surface area contributed by atoms with Crippen LogP contribution >= 0.6 is 11.3 Å². The number of aryl methyl sites for hydroxylation is 1. The van der Waals surface area contributed by atoms with Gasteiger partial charge >= 0.3 is 0 Å². The number of hydrogen-bond donors (Lipinski definition) is 3. The van der Waals surface area contributed by atoms with Crippen molar-refractivity contribution < 1.29 is 23.4 Å². The summed E-state index contributed by atoms with van der Waals surface area (Å²) in [6, 6.07) is 23.9. The standard InChI is InChI=1S/C38H39F2N3O3S/c1-3-14-46-36-32(28-11-6-5-7-12-28)20-29(38-42-13-15-47-38)21-33(36)37(45)43-34(19-27-17-30(39)22-31(40)18-27)35(44)24-41-23-26-10-8-9-25(4-2)16-26/h5-13,15-18,20-22,34-35,41,44H,3-4,14,19,23-24H2,1-2H3,(H,43,45)/t34-,35+/m0/s1. The third kappa shape index (κ3) is 9.10. The lowest BCUT2D eigenvalue weighted by Gasteiger charge is -2.26. The average molecular weight is 656 g/mol. The molecule has 0 aliphatic rings. The first-order valence-electron chi connectivity index (χ1n) is 15.8.